The Labute approximate surface area is 200 Å². The van der Waals surface area contributed by atoms with Gasteiger partial charge in [0.25, 0.3) is 0 Å². The molecule has 0 atom stereocenters. The lowest BCUT2D eigenvalue weighted by molar-refractivity contribution is -0.144. The number of esters is 2. The van der Waals surface area contributed by atoms with Crippen molar-refractivity contribution in [3.8, 4) is 5.75 Å². The largest absolute Gasteiger partial charge is 0.497 e. The summed E-state index contributed by atoms with van der Waals surface area (Å²) in [5.74, 6) is -1.37. The van der Waals surface area contributed by atoms with Crippen molar-refractivity contribution >= 4 is 22.0 Å². The third-order valence-corrected chi connectivity index (χ3v) is 6.64. The summed E-state index contributed by atoms with van der Waals surface area (Å²) in [4.78, 5) is 25.1. The summed E-state index contributed by atoms with van der Waals surface area (Å²) in [7, 11) is -2.39. The number of benzene rings is 2. The Hall–Kier alpha value is -3.33. The SMILES string of the molecule is COc1ccc(COC(=O)C(=CC(=O)OC2CCCC2)NS(=O)(=O)CCc2ccccc2)cc1. The summed E-state index contributed by atoms with van der Waals surface area (Å²) in [6, 6.07) is 16.0. The Morgan fingerprint density at radius 2 is 1.68 bits per heavy atom. The maximum Gasteiger partial charge on any atom is 0.356 e. The standard InChI is InChI=1S/C25H29NO7S/c1-31-21-13-11-20(12-14-21)18-32-25(28)23(17-24(27)33-22-9-5-6-10-22)26-34(29,30)16-15-19-7-3-2-4-8-19/h2-4,7-8,11-14,17,22,26H,5-6,9-10,15-16,18H2,1H3. The van der Waals surface area contributed by atoms with E-state index >= 15 is 0 Å². The van der Waals surface area contributed by atoms with Crippen LogP contribution in [-0.2, 0) is 42.1 Å². The smallest absolute Gasteiger partial charge is 0.356 e. The maximum absolute atomic E-state index is 12.7. The van der Waals surface area contributed by atoms with Crippen molar-refractivity contribution < 1.29 is 32.2 Å². The number of hydrogen-bond donors (Lipinski definition) is 1. The highest BCUT2D eigenvalue weighted by molar-refractivity contribution is 7.89. The molecule has 182 valence electrons. The maximum atomic E-state index is 12.7. The van der Waals surface area contributed by atoms with E-state index in [-0.39, 0.29) is 24.9 Å². The molecule has 0 aromatic heterocycles. The van der Waals surface area contributed by atoms with Crippen LogP contribution < -0.4 is 9.46 Å². The van der Waals surface area contributed by atoms with Gasteiger partial charge in [-0.15, -0.1) is 0 Å². The second-order valence-electron chi connectivity index (χ2n) is 7.98. The molecule has 2 aromatic carbocycles. The lowest BCUT2D eigenvalue weighted by Crippen LogP contribution is -2.32. The van der Waals surface area contributed by atoms with Crippen molar-refractivity contribution in [2.24, 2.45) is 0 Å². The van der Waals surface area contributed by atoms with E-state index in [4.69, 9.17) is 14.2 Å². The molecule has 0 saturated heterocycles. The molecule has 1 saturated carbocycles. The fourth-order valence-corrected chi connectivity index (χ4v) is 4.60. The predicted octanol–water partition coefficient (Wildman–Crippen LogP) is 3.27. The van der Waals surface area contributed by atoms with Crippen LogP contribution in [0, 0.1) is 0 Å². The second kappa shape index (κ2) is 12.2. The van der Waals surface area contributed by atoms with E-state index in [1.165, 1.54) is 0 Å². The van der Waals surface area contributed by atoms with Gasteiger partial charge in [-0.1, -0.05) is 42.5 Å². The quantitative estimate of drug-likeness (QED) is 0.383. The zero-order valence-electron chi connectivity index (χ0n) is 19.1. The third-order valence-electron chi connectivity index (χ3n) is 5.36. The fraction of sp³-hybridized carbons (Fsp3) is 0.360. The molecule has 3 rings (SSSR count). The van der Waals surface area contributed by atoms with E-state index < -0.39 is 27.7 Å². The molecule has 0 aliphatic heterocycles. The van der Waals surface area contributed by atoms with Crippen LogP contribution in [0.25, 0.3) is 0 Å². The van der Waals surface area contributed by atoms with Crippen LogP contribution in [0.2, 0.25) is 0 Å². The molecular formula is C25H29NO7S. The normalized spacial score (nSPS) is 14.4. The van der Waals surface area contributed by atoms with Gasteiger partial charge in [-0.2, -0.15) is 0 Å². The van der Waals surface area contributed by atoms with E-state index in [9.17, 15) is 18.0 Å². The Kier molecular flexibility index (Phi) is 9.09. The summed E-state index contributed by atoms with van der Waals surface area (Å²) in [6.07, 6.45) is 4.30. The molecule has 0 radical (unpaired) electrons. The molecule has 1 aliphatic rings. The van der Waals surface area contributed by atoms with Gasteiger partial charge in [-0.05, 0) is 55.4 Å². The molecule has 0 unspecified atom stereocenters. The number of rotatable bonds is 11. The van der Waals surface area contributed by atoms with Crippen LogP contribution in [0.1, 0.15) is 36.8 Å². The summed E-state index contributed by atoms with van der Waals surface area (Å²) in [5.41, 5.74) is 1.03. The molecule has 0 spiro atoms. The Morgan fingerprint density at radius 1 is 1.00 bits per heavy atom. The summed E-state index contributed by atoms with van der Waals surface area (Å²) < 4.78 is 43.2. The third kappa shape index (κ3) is 8.22. The highest BCUT2D eigenvalue weighted by atomic mass is 32.2. The van der Waals surface area contributed by atoms with Gasteiger partial charge in [-0.25, -0.2) is 18.0 Å². The average molecular weight is 488 g/mol. The van der Waals surface area contributed by atoms with Crippen molar-refractivity contribution in [2.45, 2.75) is 44.8 Å². The van der Waals surface area contributed by atoms with E-state index in [2.05, 4.69) is 4.72 Å². The highest BCUT2D eigenvalue weighted by Crippen LogP contribution is 2.21. The molecule has 8 nitrogen and oxygen atoms in total. The molecule has 1 aliphatic carbocycles. The van der Waals surface area contributed by atoms with Crippen LogP contribution in [0.5, 0.6) is 5.75 Å². The number of methoxy groups -OCH3 is 1. The Balaban J connectivity index is 1.68. The number of carbonyl (C=O) groups excluding carboxylic acids is 2. The van der Waals surface area contributed by atoms with Crippen LogP contribution in [0.15, 0.2) is 66.4 Å². The summed E-state index contributed by atoms with van der Waals surface area (Å²) in [6.45, 7) is -0.108. The Morgan fingerprint density at radius 3 is 2.32 bits per heavy atom. The lowest BCUT2D eigenvalue weighted by atomic mass is 10.2. The highest BCUT2D eigenvalue weighted by Gasteiger charge is 2.23. The fourth-order valence-electron chi connectivity index (χ4n) is 3.52. The number of carbonyl (C=O) groups is 2. The molecule has 1 fully saturated rings. The molecule has 0 bridgehead atoms. The van der Waals surface area contributed by atoms with E-state index in [0.29, 0.717) is 11.3 Å². The van der Waals surface area contributed by atoms with Crippen molar-refractivity contribution in [3.05, 3.63) is 77.5 Å². The molecule has 0 heterocycles. The number of ether oxygens (including phenoxy) is 3. The van der Waals surface area contributed by atoms with Crippen molar-refractivity contribution in [2.75, 3.05) is 12.9 Å². The van der Waals surface area contributed by atoms with Gasteiger partial charge in [0, 0.05) is 0 Å². The summed E-state index contributed by atoms with van der Waals surface area (Å²) >= 11 is 0. The minimum Gasteiger partial charge on any atom is -0.497 e. The Bertz CT molecular complexity index is 1090. The van der Waals surface area contributed by atoms with Gasteiger partial charge < -0.3 is 14.2 Å². The van der Waals surface area contributed by atoms with Gasteiger partial charge in [-0.3, -0.25) is 4.72 Å². The van der Waals surface area contributed by atoms with Crippen LogP contribution >= 0.6 is 0 Å². The topological polar surface area (TPSA) is 108 Å². The van der Waals surface area contributed by atoms with Gasteiger partial charge in [0.2, 0.25) is 10.0 Å². The second-order valence-corrected chi connectivity index (χ2v) is 9.82. The first-order valence-corrected chi connectivity index (χ1v) is 12.8. The molecule has 2 aromatic rings. The number of aryl methyl sites for hydroxylation is 1. The van der Waals surface area contributed by atoms with E-state index in [0.717, 1.165) is 37.3 Å². The number of sulfonamides is 1. The van der Waals surface area contributed by atoms with Crippen molar-refractivity contribution in [1.82, 2.24) is 4.72 Å². The minimum atomic E-state index is -3.93. The number of nitrogens with one attached hydrogen (secondary N) is 1. The van der Waals surface area contributed by atoms with Gasteiger partial charge in [0.1, 0.15) is 24.2 Å². The van der Waals surface area contributed by atoms with Gasteiger partial charge in [0.05, 0.1) is 18.9 Å². The first-order chi connectivity index (χ1) is 16.3. The van der Waals surface area contributed by atoms with E-state index in [1.54, 1.807) is 31.4 Å². The zero-order chi connectivity index (χ0) is 24.4. The van der Waals surface area contributed by atoms with Crippen LogP contribution in [0.3, 0.4) is 0 Å². The lowest BCUT2D eigenvalue weighted by Gasteiger charge is -2.13. The van der Waals surface area contributed by atoms with E-state index in [1.807, 2.05) is 30.3 Å². The zero-order valence-corrected chi connectivity index (χ0v) is 19.9. The molecule has 1 N–H and O–H groups in total. The van der Waals surface area contributed by atoms with Crippen molar-refractivity contribution in [3.63, 3.8) is 0 Å². The molecule has 34 heavy (non-hydrogen) atoms. The first-order valence-electron chi connectivity index (χ1n) is 11.1. The van der Waals surface area contributed by atoms with Crippen LogP contribution in [0.4, 0.5) is 0 Å². The monoisotopic (exact) mass is 487 g/mol. The minimum absolute atomic E-state index is 0.108. The molecule has 9 heteroatoms. The van der Waals surface area contributed by atoms with Gasteiger partial charge >= 0.3 is 11.9 Å². The molecular weight excluding hydrogens is 458 g/mol. The van der Waals surface area contributed by atoms with Gasteiger partial charge in [0.15, 0.2) is 0 Å². The molecule has 0 amide bonds. The van der Waals surface area contributed by atoms with Crippen LogP contribution in [-0.4, -0.2) is 39.3 Å². The number of hydrogen-bond acceptors (Lipinski definition) is 7. The summed E-state index contributed by atoms with van der Waals surface area (Å²) in [5, 5.41) is 0. The van der Waals surface area contributed by atoms with Crippen molar-refractivity contribution in [1.29, 1.82) is 0 Å². The first kappa shape index (κ1) is 25.3. The predicted molar refractivity (Wildman–Crippen MR) is 126 cm³/mol. The average Bonchev–Trinajstić information content (AvgIpc) is 3.34.